The second-order valence-corrected chi connectivity index (χ2v) is 6.85. The van der Waals surface area contributed by atoms with Crippen molar-refractivity contribution in [2.24, 2.45) is 5.92 Å². The Labute approximate surface area is 147 Å². The zero-order chi connectivity index (χ0) is 17.6. The maximum atomic E-state index is 13.3. The summed E-state index contributed by atoms with van der Waals surface area (Å²) in [6.07, 6.45) is 3.29. The third-order valence-corrected chi connectivity index (χ3v) is 5.00. The molecule has 1 aromatic carbocycles. The minimum atomic E-state index is -0.267. The van der Waals surface area contributed by atoms with E-state index in [2.05, 4.69) is 5.32 Å². The molecular formula is C19H25FN2O3. The van der Waals surface area contributed by atoms with Crippen LogP contribution in [-0.2, 0) is 20.7 Å². The standard InChI is InChI=1S/C19H25FN2O3/c20-16-3-1-2-14(12-16)6-9-22-13-15(4-5-18(22)23)19(24)21-17-7-10-25-11-8-17/h1-3,12,15,17H,4-11,13H2,(H,21,24)/t15-/m1/s1. The maximum absolute atomic E-state index is 13.3. The second-order valence-electron chi connectivity index (χ2n) is 6.85. The lowest BCUT2D eigenvalue weighted by Gasteiger charge is -2.33. The quantitative estimate of drug-likeness (QED) is 0.884. The number of carbonyl (C=O) groups excluding carboxylic acids is 2. The second kappa shape index (κ2) is 8.43. The molecule has 0 spiro atoms. The van der Waals surface area contributed by atoms with Gasteiger partial charge in [-0.2, -0.15) is 0 Å². The molecule has 0 bridgehead atoms. The molecule has 2 aliphatic rings. The smallest absolute Gasteiger partial charge is 0.225 e. The molecule has 136 valence electrons. The third kappa shape index (κ3) is 5.01. The molecule has 0 aliphatic carbocycles. The Hall–Kier alpha value is -1.95. The lowest BCUT2D eigenvalue weighted by molar-refractivity contribution is -0.138. The molecule has 0 unspecified atom stereocenters. The van der Waals surface area contributed by atoms with Crippen LogP contribution in [0.15, 0.2) is 24.3 Å². The number of carbonyl (C=O) groups is 2. The number of ether oxygens (including phenoxy) is 1. The molecule has 25 heavy (non-hydrogen) atoms. The highest BCUT2D eigenvalue weighted by atomic mass is 19.1. The van der Waals surface area contributed by atoms with Crippen LogP contribution in [0.1, 0.15) is 31.2 Å². The first kappa shape index (κ1) is 17.9. The SMILES string of the molecule is O=C(NC1CCOCC1)[C@@H]1CCC(=O)N(CCc2cccc(F)c2)C1. The summed E-state index contributed by atoms with van der Waals surface area (Å²) in [4.78, 5) is 26.4. The van der Waals surface area contributed by atoms with Gasteiger partial charge in [-0.25, -0.2) is 4.39 Å². The summed E-state index contributed by atoms with van der Waals surface area (Å²) in [5, 5.41) is 3.10. The van der Waals surface area contributed by atoms with Gasteiger partial charge < -0.3 is 15.0 Å². The van der Waals surface area contributed by atoms with Crippen molar-refractivity contribution in [1.82, 2.24) is 10.2 Å². The zero-order valence-corrected chi connectivity index (χ0v) is 14.4. The van der Waals surface area contributed by atoms with Gasteiger partial charge in [0, 0.05) is 38.8 Å². The third-order valence-electron chi connectivity index (χ3n) is 5.00. The summed E-state index contributed by atoms with van der Waals surface area (Å²) < 4.78 is 18.6. The Balaban J connectivity index is 1.51. The molecule has 2 saturated heterocycles. The van der Waals surface area contributed by atoms with Crippen molar-refractivity contribution in [1.29, 1.82) is 0 Å². The minimum absolute atomic E-state index is 0.0372. The van der Waals surface area contributed by atoms with Gasteiger partial charge in [-0.1, -0.05) is 12.1 Å². The maximum Gasteiger partial charge on any atom is 0.225 e. The number of halogens is 1. The van der Waals surface area contributed by atoms with Gasteiger partial charge in [-0.05, 0) is 43.4 Å². The van der Waals surface area contributed by atoms with Crippen LogP contribution in [0.5, 0.6) is 0 Å². The van der Waals surface area contributed by atoms with E-state index in [0.29, 0.717) is 45.6 Å². The average Bonchev–Trinajstić information content (AvgIpc) is 2.62. The Kier molecular flexibility index (Phi) is 6.02. The van der Waals surface area contributed by atoms with Crippen LogP contribution in [0.25, 0.3) is 0 Å². The molecule has 0 saturated carbocycles. The number of nitrogens with one attached hydrogen (secondary N) is 1. The van der Waals surface area contributed by atoms with E-state index in [1.807, 2.05) is 6.07 Å². The number of rotatable bonds is 5. The fourth-order valence-electron chi connectivity index (χ4n) is 3.46. The summed E-state index contributed by atoms with van der Waals surface area (Å²) >= 11 is 0. The molecule has 3 rings (SSSR count). The van der Waals surface area contributed by atoms with Gasteiger partial charge in [0.15, 0.2) is 0 Å². The van der Waals surface area contributed by atoms with Crippen LogP contribution < -0.4 is 5.32 Å². The Morgan fingerprint density at radius 1 is 1.28 bits per heavy atom. The van der Waals surface area contributed by atoms with Gasteiger partial charge in [-0.15, -0.1) is 0 Å². The number of hydrogen-bond donors (Lipinski definition) is 1. The molecular weight excluding hydrogens is 323 g/mol. The largest absolute Gasteiger partial charge is 0.381 e. The lowest BCUT2D eigenvalue weighted by Crippen LogP contribution is -2.49. The highest BCUT2D eigenvalue weighted by Gasteiger charge is 2.31. The van der Waals surface area contributed by atoms with Crippen molar-refractivity contribution in [3.05, 3.63) is 35.6 Å². The molecule has 5 nitrogen and oxygen atoms in total. The molecule has 0 aromatic heterocycles. The number of likely N-dealkylation sites (tertiary alicyclic amines) is 1. The summed E-state index contributed by atoms with van der Waals surface area (Å²) in [6.45, 7) is 2.34. The molecule has 2 heterocycles. The molecule has 1 N–H and O–H groups in total. The van der Waals surface area contributed by atoms with Crippen molar-refractivity contribution < 1.29 is 18.7 Å². The molecule has 1 aromatic rings. The van der Waals surface area contributed by atoms with Gasteiger partial charge >= 0.3 is 0 Å². The fraction of sp³-hybridized carbons (Fsp3) is 0.579. The predicted octanol–water partition coefficient (Wildman–Crippen LogP) is 1.90. The fourth-order valence-corrected chi connectivity index (χ4v) is 3.46. The van der Waals surface area contributed by atoms with Crippen molar-refractivity contribution in [2.75, 3.05) is 26.3 Å². The highest BCUT2D eigenvalue weighted by molar-refractivity contribution is 5.84. The number of hydrogen-bond acceptors (Lipinski definition) is 3. The number of nitrogens with zero attached hydrogens (tertiary/aromatic N) is 1. The molecule has 2 amide bonds. The van der Waals surface area contributed by atoms with Crippen LogP contribution in [0.2, 0.25) is 0 Å². The number of benzene rings is 1. The van der Waals surface area contributed by atoms with E-state index in [-0.39, 0.29) is 29.6 Å². The van der Waals surface area contributed by atoms with E-state index < -0.39 is 0 Å². The molecule has 2 fully saturated rings. The van der Waals surface area contributed by atoms with Gasteiger partial charge in [-0.3, -0.25) is 9.59 Å². The lowest BCUT2D eigenvalue weighted by atomic mass is 9.95. The van der Waals surface area contributed by atoms with Crippen LogP contribution >= 0.6 is 0 Å². The first-order chi connectivity index (χ1) is 12.1. The molecule has 0 radical (unpaired) electrons. The summed E-state index contributed by atoms with van der Waals surface area (Å²) in [6, 6.07) is 6.61. The highest BCUT2D eigenvalue weighted by Crippen LogP contribution is 2.19. The molecule has 2 aliphatic heterocycles. The van der Waals surface area contributed by atoms with Crippen molar-refractivity contribution in [3.8, 4) is 0 Å². The van der Waals surface area contributed by atoms with Gasteiger partial charge in [0.2, 0.25) is 11.8 Å². The van der Waals surface area contributed by atoms with Crippen LogP contribution in [0, 0.1) is 11.7 Å². The first-order valence-corrected chi connectivity index (χ1v) is 9.02. The van der Waals surface area contributed by atoms with Crippen LogP contribution in [0.3, 0.4) is 0 Å². The van der Waals surface area contributed by atoms with E-state index in [4.69, 9.17) is 4.74 Å². The predicted molar refractivity (Wildman–Crippen MR) is 91.4 cm³/mol. The van der Waals surface area contributed by atoms with E-state index >= 15 is 0 Å². The van der Waals surface area contributed by atoms with Crippen LogP contribution in [0.4, 0.5) is 4.39 Å². The average molecular weight is 348 g/mol. The first-order valence-electron chi connectivity index (χ1n) is 9.02. The van der Waals surface area contributed by atoms with Gasteiger partial charge in [0.05, 0.1) is 5.92 Å². The van der Waals surface area contributed by atoms with E-state index in [1.54, 1.807) is 11.0 Å². The van der Waals surface area contributed by atoms with Crippen molar-refractivity contribution >= 4 is 11.8 Å². The van der Waals surface area contributed by atoms with Crippen molar-refractivity contribution in [2.45, 2.75) is 38.1 Å². The Morgan fingerprint density at radius 3 is 2.84 bits per heavy atom. The summed E-state index contributed by atoms with van der Waals surface area (Å²) in [7, 11) is 0. The van der Waals surface area contributed by atoms with Crippen molar-refractivity contribution in [3.63, 3.8) is 0 Å². The monoisotopic (exact) mass is 348 g/mol. The zero-order valence-electron chi connectivity index (χ0n) is 14.4. The minimum Gasteiger partial charge on any atom is -0.381 e. The van der Waals surface area contributed by atoms with Gasteiger partial charge in [0.1, 0.15) is 5.82 Å². The summed E-state index contributed by atoms with van der Waals surface area (Å²) in [5.41, 5.74) is 0.863. The Morgan fingerprint density at radius 2 is 2.08 bits per heavy atom. The van der Waals surface area contributed by atoms with E-state index in [0.717, 1.165) is 18.4 Å². The van der Waals surface area contributed by atoms with E-state index in [9.17, 15) is 14.0 Å². The topological polar surface area (TPSA) is 58.6 Å². The summed E-state index contributed by atoms with van der Waals surface area (Å²) in [5.74, 6) is -0.314. The van der Waals surface area contributed by atoms with E-state index in [1.165, 1.54) is 12.1 Å². The normalized spacial score (nSPS) is 22.0. The number of amides is 2. The molecule has 6 heteroatoms. The van der Waals surface area contributed by atoms with Gasteiger partial charge in [0.25, 0.3) is 0 Å². The molecule has 1 atom stereocenters. The number of piperidine rings is 1. The Bertz CT molecular complexity index is 616. The van der Waals surface area contributed by atoms with Crippen LogP contribution in [-0.4, -0.2) is 49.1 Å².